The van der Waals surface area contributed by atoms with Gasteiger partial charge in [0.1, 0.15) is 0 Å². The molecule has 0 atom stereocenters. The summed E-state index contributed by atoms with van der Waals surface area (Å²) in [4.78, 5) is 0. The number of aromatic nitrogens is 2. The van der Waals surface area contributed by atoms with Gasteiger partial charge in [-0.2, -0.15) is 5.10 Å². The van der Waals surface area contributed by atoms with Crippen LogP contribution in [0.15, 0.2) is 12.4 Å². The second-order valence-electron chi connectivity index (χ2n) is 3.12. The highest BCUT2D eigenvalue weighted by Gasteiger charge is 2.30. The smallest absolute Gasteiger partial charge is 0.0623 e. The van der Waals surface area contributed by atoms with Crippen LogP contribution in [0.2, 0.25) is 0 Å². The minimum atomic E-state index is 0.455. The van der Waals surface area contributed by atoms with Crippen LogP contribution in [0.5, 0.6) is 0 Å². The molecule has 3 nitrogen and oxygen atoms in total. The highest BCUT2D eigenvalue weighted by atomic mass is 127. The average molecular weight is 278 g/mol. The lowest BCUT2D eigenvalue weighted by molar-refractivity contribution is 0.00247. The molecule has 0 aromatic carbocycles. The first-order valence-corrected chi connectivity index (χ1v) is 5.10. The Bertz CT molecular complexity index is 268. The van der Waals surface area contributed by atoms with E-state index in [-0.39, 0.29) is 0 Å². The molecule has 1 aromatic rings. The summed E-state index contributed by atoms with van der Waals surface area (Å²) in [5.41, 5.74) is 0. The predicted molar refractivity (Wildman–Crippen MR) is 54.0 cm³/mol. The third-order valence-corrected chi connectivity index (χ3v) is 2.90. The van der Waals surface area contributed by atoms with Gasteiger partial charge >= 0.3 is 0 Å². The van der Waals surface area contributed by atoms with Crippen LogP contribution in [0.3, 0.4) is 0 Å². The van der Waals surface area contributed by atoms with E-state index in [0.29, 0.717) is 12.1 Å². The summed E-state index contributed by atoms with van der Waals surface area (Å²) < 4.78 is 8.44. The van der Waals surface area contributed by atoms with E-state index in [1.54, 1.807) is 7.11 Å². The molecule has 0 N–H and O–H groups in total. The molecule has 4 heteroatoms. The van der Waals surface area contributed by atoms with Crippen molar-refractivity contribution in [2.45, 2.75) is 25.0 Å². The molecule has 0 amide bonds. The lowest BCUT2D eigenvalue weighted by Gasteiger charge is -2.33. The Hall–Kier alpha value is -0.100. The molecule has 1 aliphatic rings. The highest BCUT2D eigenvalue weighted by molar-refractivity contribution is 14.1. The van der Waals surface area contributed by atoms with Gasteiger partial charge in [-0.15, -0.1) is 0 Å². The molecule has 2 rings (SSSR count). The molecule has 1 aliphatic carbocycles. The van der Waals surface area contributed by atoms with Crippen molar-refractivity contribution < 1.29 is 4.74 Å². The van der Waals surface area contributed by atoms with Crippen LogP contribution in [0.4, 0.5) is 0 Å². The standard InChI is InChI=1S/C8H11IN2O/c1-12-8-2-7(3-8)11-5-6(9)4-10-11/h4-5,7-8H,2-3H2,1H3/t7-,8+. The quantitative estimate of drug-likeness (QED) is 0.772. The molecule has 1 aromatic heterocycles. The topological polar surface area (TPSA) is 27.1 Å². The summed E-state index contributed by atoms with van der Waals surface area (Å²) >= 11 is 2.27. The van der Waals surface area contributed by atoms with Gasteiger partial charge in [-0.1, -0.05) is 0 Å². The first kappa shape index (κ1) is 8.50. The van der Waals surface area contributed by atoms with Crippen molar-refractivity contribution in [3.8, 4) is 0 Å². The minimum absolute atomic E-state index is 0.455. The van der Waals surface area contributed by atoms with E-state index in [1.807, 2.05) is 10.9 Å². The Morgan fingerprint density at radius 2 is 2.42 bits per heavy atom. The van der Waals surface area contributed by atoms with Crippen LogP contribution >= 0.6 is 22.6 Å². The lowest BCUT2D eigenvalue weighted by atomic mass is 9.89. The zero-order valence-corrected chi connectivity index (χ0v) is 9.06. The van der Waals surface area contributed by atoms with Gasteiger partial charge in [0.25, 0.3) is 0 Å². The zero-order chi connectivity index (χ0) is 8.55. The third-order valence-electron chi connectivity index (χ3n) is 2.35. The largest absolute Gasteiger partial charge is 0.381 e. The molecular formula is C8H11IN2O. The van der Waals surface area contributed by atoms with Crippen molar-refractivity contribution in [3.05, 3.63) is 16.0 Å². The second kappa shape index (κ2) is 3.33. The van der Waals surface area contributed by atoms with Crippen LogP contribution in [-0.2, 0) is 4.74 Å². The number of nitrogens with zero attached hydrogens (tertiary/aromatic N) is 2. The Kier molecular flexibility index (Phi) is 2.36. The van der Waals surface area contributed by atoms with Gasteiger partial charge in [-0.05, 0) is 35.4 Å². The summed E-state index contributed by atoms with van der Waals surface area (Å²) in [5, 5.41) is 4.26. The van der Waals surface area contributed by atoms with E-state index in [1.165, 1.54) is 3.57 Å². The van der Waals surface area contributed by atoms with E-state index in [0.717, 1.165) is 12.8 Å². The normalized spacial score (nSPS) is 28.5. The van der Waals surface area contributed by atoms with Gasteiger partial charge in [0.05, 0.1) is 21.9 Å². The van der Waals surface area contributed by atoms with Crippen LogP contribution < -0.4 is 0 Å². The Morgan fingerprint density at radius 1 is 1.67 bits per heavy atom. The zero-order valence-electron chi connectivity index (χ0n) is 6.90. The van der Waals surface area contributed by atoms with E-state index >= 15 is 0 Å². The fourth-order valence-electron chi connectivity index (χ4n) is 1.46. The fourth-order valence-corrected chi connectivity index (χ4v) is 1.87. The molecule has 0 radical (unpaired) electrons. The molecular weight excluding hydrogens is 267 g/mol. The average Bonchev–Trinajstić information content (AvgIpc) is 2.34. The van der Waals surface area contributed by atoms with Crippen molar-refractivity contribution in [2.24, 2.45) is 0 Å². The van der Waals surface area contributed by atoms with E-state index in [4.69, 9.17) is 4.74 Å². The van der Waals surface area contributed by atoms with Crippen molar-refractivity contribution in [3.63, 3.8) is 0 Å². The summed E-state index contributed by atoms with van der Waals surface area (Å²) in [6.45, 7) is 0. The number of hydrogen-bond acceptors (Lipinski definition) is 2. The van der Waals surface area contributed by atoms with Gasteiger partial charge in [0, 0.05) is 13.3 Å². The van der Waals surface area contributed by atoms with Crippen LogP contribution in [-0.4, -0.2) is 23.0 Å². The third kappa shape index (κ3) is 1.50. The van der Waals surface area contributed by atoms with Gasteiger partial charge in [0.2, 0.25) is 0 Å². The Morgan fingerprint density at radius 3 is 2.92 bits per heavy atom. The van der Waals surface area contributed by atoms with Gasteiger partial charge < -0.3 is 4.74 Å². The summed E-state index contributed by atoms with van der Waals surface area (Å²) in [7, 11) is 1.77. The number of methoxy groups -OCH3 is 1. The van der Waals surface area contributed by atoms with E-state index < -0.39 is 0 Å². The molecule has 1 saturated carbocycles. The van der Waals surface area contributed by atoms with Crippen molar-refractivity contribution >= 4 is 22.6 Å². The summed E-state index contributed by atoms with van der Waals surface area (Å²) in [5.74, 6) is 0. The molecule has 0 spiro atoms. The minimum Gasteiger partial charge on any atom is -0.381 e. The van der Waals surface area contributed by atoms with Crippen LogP contribution in [0.1, 0.15) is 18.9 Å². The second-order valence-corrected chi connectivity index (χ2v) is 4.37. The molecule has 0 bridgehead atoms. The predicted octanol–water partition coefficient (Wildman–Crippen LogP) is 1.84. The Labute approximate surface area is 85.2 Å². The molecule has 12 heavy (non-hydrogen) atoms. The molecule has 0 saturated heterocycles. The molecule has 66 valence electrons. The number of halogens is 1. The van der Waals surface area contributed by atoms with E-state index in [2.05, 4.69) is 33.9 Å². The summed E-state index contributed by atoms with van der Waals surface area (Å²) in [6.07, 6.45) is 6.64. The molecule has 0 unspecified atom stereocenters. The summed E-state index contributed by atoms with van der Waals surface area (Å²) in [6, 6.07) is 0.568. The molecule has 0 aliphatic heterocycles. The maximum atomic E-state index is 5.20. The maximum absolute atomic E-state index is 5.20. The van der Waals surface area contributed by atoms with E-state index in [9.17, 15) is 0 Å². The van der Waals surface area contributed by atoms with Crippen LogP contribution in [0, 0.1) is 3.57 Å². The van der Waals surface area contributed by atoms with Crippen molar-refractivity contribution in [1.29, 1.82) is 0 Å². The Balaban J connectivity index is 1.96. The number of ether oxygens (including phenoxy) is 1. The monoisotopic (exact) mass is 278 g/mol. The van der Waals surface area contributed by atoms with Crippen LogP contribution in [0.25, 0.3) is 0 Å². The molecule has 1 heterocycles. The highest BCUT2D eigenvalue weighted by Crippen LogP contribution is 2.33. The van der Waals surface area contributed by atoms with Gasteiger partial charge in [-0.25, -0.2) is 0 Å². The molecule has 1 fully saturated rings. The SMILES string of the molecule is CO[C@H]1C[C@@H](n2cc(I)cn2)C1. The fraction of sp³-hybridized carbons (Fsp3) is 0.625. The first-order chi connectivity index (χ1) is 5.79. The van der Waals surface area contributed by atoms with Crippen molar-refractivity contribution in [1.82, 2.24) is 9.78 Å². The number of hydrogen-bond donors (Lipinski definition) is 0. The number of rotatable bonds is 2. The van der Waals surface area contributed by atoms with Crippen molar-refractivity contribution in [2.75, 3.05) is 7.11 Å². The lowest BCUT2D eigenvalue weighted by Crippen LogP contribution is -2.32. The first-order valence-electron chi connectivity index (χ1n) is 4.02. The van der Waals surface area contributed by atoms with Gasteiger partial charge in [0.15, 0.2) is 0 Å². The maximum Gasteiger partial charge on any atom is 0.0623 e. The van der Waals surface area contributed by atoms with Gasteiger partial charge in [-0.3, -0.25) is 4.68 Å².